The second-order valence-corrected chi connectivity index (χ2v) is 9.75. The maximum atomic E-state index is 14.9. The zero-order chi connectivity index (χ0) is 23.2. The molecule has 1 N–H and O–H groups in total. The van der Waals surface area contributed by atoms with Crippen molar-refractivity contribution in [1.29, 1.82) is 0 Å². The Hall–Kier alpha value is -2.76. The highest BCUT2D eigenvalue weighted by atomic mass is 35.5. The van der Waals surface area contributed by atoms with Gasteiger partial charge in [0.15, 0.2) is 0 Å². The number of aromatic nitrogens is 3. The third-order valence-corrected chi connectivity index (χ3v) is 7.73. The van der Waals surface area contributed by atoms with Crippen molar-refractivity contribution in [3.63, 3.8) is 0 Å². The third-order valence-electron chi connectivity index (χ3n) is 5.63. The summed E-state index contributed by atoms with van der Waals surface area (Å²) in [5.74, 6) is -2.24. The summed E-state index contributed by atoms with van der Waals surface area (Å²) >= 11 is 5.90. The summed E-state index contributed by atoms with van der Waals surface area (Å²) in [6.07, 6.45) is 1.10. The zero-order valence-electron chi connectivity index (χ0n) is 17.4. The highest BCUT2D eigenvalue weighted by molar-refractivity contribution is 7.89. The molecule has 1 unspecified atom stereocenters. The Kier molecular flexibility index (Phi) is 5.82. The number of H-pyrrole nitrogens is 1. The van der Waals surface area contributed by atoms with Crippen molar-refractivity contribution >= 4 is 21.6 Å². The zero-order valence-corrected chi connectivity index (χ0v) is 19.0. The van der Waals surface area contributed by atoms with Crippen LogP contribution in [0.2, 0.25) is 5.15 Å². The fourth-order valence-corrected chi connectivity index (χ4v) is 5.81. The van der Waals surface area contributed by atoms with Gasteiger partial charge in [0.2, 0.25) is 15.9 Å². The van der Waals surface area contributed by atoms with Gasteiger partial charge < -0.3 is 9.15 Å². The first kappa shape index (κ1) is 22.4. The van der Waals surface area contributed by atoms with E-state index >= 15 is 0 Å². The van der Waals surface area contributed by atoms with E-state index in [0.717, 1.165) is 16.1 Å². The highest BCUT2D eigenvalue weighted by Crippen LogP contribution is 2.42. The molecule has 0 saturated carbocycles. The van der Waals surface area contributed by atoms with Crippen molar-refractivity contribution in [2.45, 2.75) is 37.6 Å². The minimum Gasteiger partial charge on any atom is -0.491 e. The van der Waals surface area contributed by atoms with Gasteiger partial charge in [-0.05, 0) is 36.6 Å². The van der Waals surface area contributed by atoms with E-state index in [2.05, 4.69) is 15.2 Å². The van der Waals surface area contributed by atoms with Gasteiger partial charge in [-0.25, -0.2) is 27.7 Å². The van der Waals surface area contributed by atoms with Crippen LogP contribution in [0.5, 0.6) is 5.75 Å². The molecule has 12 heteroatoms. The molecule has 0 radical (unpaired) electrons. The summed E-state index contributed by atoms with van der Waals surface area (Å²) in [7, 11) is -4.21. The van der Waals surface area contributed by atoms with Crippen molar-refractivity contribution in [2.24, 2.45) is 0 Å². The van der Waals surface area contributed by atoms with E-state index in [1.165, 1.54) is 12.1 Å². The van der Waals surface area contributed by atoms with Crippen LogP contribution < -0.4 is 10.5 Å². The van der Waals surface area contributed by atoms with E-state index in [0.29, 0.717) is 11.1 Å². The summed E-state index contributed by atoms with van der Waals surface area (Å²) in [4.78, 5) is 15.4. The summed E-state index contributed by atoms with van der Waals surface area (Å²) in [6, 6.07) is 3.15. The number of benzene rings is 1. The van der Waals surface area contributed by atoms with E-state index in [-0.39, 0.29) is 34.8 Å². The average molecular weight is 483 g/mol. The van der Waals surface area contributed by atoms with Gasteiger partial charge in [-0.15, -0.1) is 5.10 Å². The number of aryl methyl sites for hydroxylation is 1. The Morgan fingerprint density at radius 1 is 1.31 bits per heavy atom. The Morgan fingerprint density at radius 2 is 2.06 bits per heavy atom. The number of aromatic amines is 1. The number of pyridine rings is 1. The van der Waals surface area contributed by atoms with Gasteiger partial charge in [0.05, 0.1) is 6.20 Å². The summed E-state index contributed by atoms with van der Waals surface area (Å²) in [5.41, 5.74) is 1.80. The maximum Gasteiger partial charge on any atom is 0.434 e. The molecule has 3 aromatic rings. The predicted octanol–water partition coefficient (Wildman–Crippen LogP) is 3.10. The molecule has 2 aromatic heterocycles. The van der Waals surface area contributed by atoms with Crippen LogP contribution >= 0.6 is 11.6 Å². The normalized spacial score (nSPS) is 17.8. The van der Waals surface area contributed by atoms with E-state index in [1.54, 1.807) is 19.9 Å². The quantitative estimate of drug-likeness (QED) is 0.567. The van der Waals surface area contributed by atoms with Gasteiger partial charge in [-0.1, -0.05) is 24.6 Å². The molecule has 0 amide bonds. The van der Waals surface area contributed by atoms with Crippen LogP contribution in [0.3, 0.4) is 0 Å². The molecular weight excluding hydrogens is 463 g/mol. The van der Waals surface area contributed by atoms with Crippen LogP contribution in [0, 0.1) is 19.7 Å². The second-order valence-electron chi connectivity index (χ2n) is 7.51. The molecule has 170 valence electrons. The summed E-state index contributed by atoms with van der Waals surface area (Å²) < 4.78 is 54.1. The highest BCUT2D eigenvalue weighted by Gasteiger charge is 2.43. The van der Waals surface area contributed by atoms with Crippen LogP contribution in [0.15, 0.2) is 38.5 Å². The van der Waals surface area contributed by atoms with E-state index < -0.39 is 33.6 Å². The van der Waals surface area contributed by atoms with Gasteiger partial charge in [0, 0.05) is 18.5 Å². The smallest absolute Gasteiger partial charge is 0.434 e. The topological polar surface area (TPSA) is 118 Å². The number of fused-ring (bicyclic) bond motifs is 1. The van der Waals surface area contributed by atoms with Crippen LogP contribution in [0.1, 0.15) is 41.5 Å². The van der Waals surface area contributed by atoms with Gasteiger partial charge in [0.25, 0.3) is 0 Å². The summed E-state index contributed by atoms with van der Waals surface area (Å²) in [5, 5.41) is 6.11. The van der Waals surface area contributed by atoms with Crippen molar-refractivity contribution in [3.8, 4) is 5.75 Å². The first-order chi connectivity index (χ1) is 15.1. The number of halogens is 2. The Morgan fingerprint density at radius 3 is 2.75 bits per heavy atom. The first-order valence-electron chi connectivity index (χ1n) is 9.72. The minimum absolute atomic E-state index is 0.0142. The largest absolute Gasteiger partial charge is 0.491 e. The molecule has 0 fully saturated rings. The van der Waals surface area contributed by atoms with Gasteiger partial charge >= 0.3 is 5.76 Å². The number of rotatable bonds is 4. The van der Waals surface area contributed by atoms with Gasteiger partial charge in [-0.2, -0.15) is 4.31 Å². The molecule has 0 aliphatic carbocycles. The molecule has 32 heavy (non-hydrogen) atoms. The minimum atomic E-state index is -4.21. The molecule has 0 saturated heterocycles. The third kappa shape index (κ3) is 3.80. The molecule has 4 rings (SSSR count). The first-order valence-corrected chi connectivity index (χ1v) is 11.5. The lowest BCUT2D eigenvalue weighted by atomic mass is 9.87. The van der Waals surface area contributed by atoms with Crippen molar-refractivity contribution in [3.05, 3.63) is 68.5 Å². The molecule has 9 nitrogen and oxygen atoms in total. The number of sulfonamides is 1. The average Bonchev–Trinajstić information content (AvgIpc) is 3.10. The van der Waals surface area contributed by atoms with Gasteiger partial charge in [0.1, 0.15) is 34.3 Å². The molecule has 1 aliphatic heterocycles. The van der Waals surface area contributed by atoms with Crippen LogP contribution in [0.25, 0.3) is 0 Å². The molecule has 3 heterocycles. The Bertz CT molecular complexity index is 1340. The van der Waals surface area contributed by atoms with E-state index in [4.69, 9.17) is 20.8 Å². The molecule has 0 bridgehead atoms. The van der Waals surface area contributed by atoms with Crippen LogP contribution in [0.4, 0.5) is 4.39 Å². The summed E-state index contributed by atoms with van der Waals surface area (Å²) in [6.45, 7) is 5.12. The SMILES string of the molecule is Cc1ccc(F)c(C(C)[C@@H](c2n[nH]c(=O)o2)N2CCOc3cc(Cl)ncc3S2(=O)=O)c1C. The molecule has 0 spiro atoms. The van der Waals surface area contributed by atoms with Crippen LogP contribution in [-0.2, 0) is 10.0 Å². The standard InChI is InChI=1S/C20H20ClFN4O5S/c1-10-4-5-13(22)17(11(10)2)12(3)18(19-24-25-20(27)31-19)26-6-7-30-14-8-16(21)23-9-15(14)32(26,28)29/h4-5,8-9,12,18H,6-7H2,1-3H3,(H,25,27)/t12?,18-/m0/s1. The maximum absolute atomic E-state index is 14.9. The molecule has 1 aromatic carbocycles. The van der Waals surface area contributed by atoms with Crippen LogP contribution in [-0.4, -0.2) is 41.1 Å². The number of nitrogens with one attached hydrogen (secondary N) is 1. The van der Waals surface area contributed by atoms with Crippen molar-refractivity contribution < 1.29 is 22.0 Å². The second kappa shape index (κ2) is 8.30. The Labute approximate surface area is 188 Å². The number of ether oxygens (including phenoxy) is 1. The fraction of sp³-hybridized carbons (Fsp3) is 0.350. The molecule has 2 atom stereocenters. The molecular formula is C20H20ClFN4O5S. The lowest BCUT2D eigenvalue weighted by Gasteiger charge is -2.32. The predicted molar refractivity (Wildman–Crippen MR) is 113 cm³/mol. The number of nitrogens with zero attached hydrogens (tertiary/aromatic N) is 3. The van der Waals surface area contributed by atoms with E-state index in [1.807, 2.05) is 6.92 Å². The monoisotopic (exact) mass is 482 g/mol. The van der Waals surface area contributed by atoms with Crippen molar-refractivity contribution in [1.82, 2.24) is 19.5 Å². The van der Waals surface area contributed by atoms with E-state index in [9.17, 15) is 17.6 Å². The number of hydrogen-bond donors (Lipinski definition) is 1. The lowest BCUT2D eigenvalue weighted by Crippen LogP contribution is -2.39. The Balaban J connectivity index is 1.91. The number of hydrogen-bond acceptors (Lipinski definition) is 7. The lowest BCUT2D eigenvalue weighted by molar-refractivity contribution is 0.209. The van der Waals surface area contributed by atoms with Gasteiger partial charge in [-0.3, -0.25) is 0 Å². The molecule has 1 aliphatic rings. The van der Waals surface area contributed by atoms with Crippen molar-refractivity contribution in [2.75, 3.05) is 13.2 Å². The fourth-order valence-electron chi connectivity index (χ4n) is 3.96.